The van der Waals surface area contributed by atoms with Crippen LogP contribution in [-0.4, -0.2) is 38.7 Å². The number of anilines is 1. The fourth-order valence-corrected chi connectivity index (χ4v) is 5.28. The van der Waals surface area contributed by atoms with Gasteiger partial charge in [-0.15, -0.1) is 0 Å². The van der Waals surface area contributed by atoms with Crippen molar-refractivity contribution in [2.45, 2.75) is 25.3 Å². The van der Waals surface area contributed by atoms with E-state index in [1.165, 1.54) is 23.4 Å². The molecule has 34 heavy (non-hydrogen) atoms. The lowest BCUT2D eigenvalue weighted by Crippen LogP contribution is -2.48. The van der Waals surface area contributed by atoms with Crippen molar-refractivity contribution in [3.63, 3.8) is 0 Å². The molecule has 2 aromatic heterocycles. The highest BCUT2D eigenvalue weighted by Gasteiger charge is 2.36. The lowest BCUT2D eigenvalue weighted by atomic mass is 9.93. The molecule has 2 N–H and O–H groups in total. The third kappa shape index (κ3) is 3.50. The van der Waals surface area contributed by atoms with Crippen LogP contribution in [0.25, 0.3) is 10.9 Å². The van der Waals surface area contributed by atoms with Gasteiger partial charge in [0.25, 0.3) is 5.91 Å². The Kier molecular flexibility index (Phi) is 4.83. The van der Waals surface area contributed by atoms with Gasteiger partial charge in [0, 0.05) is 43.4 Å². The predicted octanol–water partition coefficient (Wildman–Crippen LogP) is 3.95. The van der Waals surface area contributed by atoms with Crippen molar-refractivity contribution in [2.24, 2.45) is 5.92 Å². The van der Waals surface area contributed by atoms with Crippen LogP contribution < -0.4 is 5.73 Å². The molecule has 172 valence electrons. The molecule has 1 saturated heterocycles. The average molecular weight is 460 g/mol. The first-order chi connectivity index (χ1) is 16.5. The summed E-state index contributed by atoms with van der Waals surface area (Å²) >= 11 is 0. The fourth-order valence-electron chi connectivity index (χ4n) is 5.28. The Hall–Kier alpha value is -3.81. The number of pyridine rings is 1. The van der Waals surface area contributed by atoms with E-state index in [9.17, 15) is 13.6 Å². The van der Waals surface area contributed by atoms with E-state index >= 15 is 0 Å². The summed E-state index contributed by atoms with van der Waals surface area (Å²) in [5, 5.41) is 5.11. The normalized spacial score (nSPS) is 16.1. The maximum atomic E-state index is 14.9. The second-order valence-electron chi connectivity index (χ2n) is 9.27. The molecule has 1 aliphatic heterocycles. The Morgan fingerprint density at radius 2 is 1.79 bits per heavy atom. The summed E-state index contributed by atoms with van der Waals surface area (Å²) < 4.78 is 30.8. The standard InChI is InChI=1S/C26H23F2N5O/c27-20-10-21(28)24-22(11-20)33(12-15-7-16-3-1-2-4-17(16)8-15)31-25(24)19-13-32(14-19)26(34)18-5-6-30-23(29)9-18/h1-6,9-11,15,19H,7-8,12-14H2,(H2,29,30). The molecule has 0 unspecified atom stereocenters. The maximum absolute atomic E-state index is 14.9. The molecule has 6 rings (SSSR count). The number of aromatic nitrogens is 3. The zero-order valence-electron chi connectivity index (χ0n) is 18.4. The molecule has 1 aliphatic carbocycles. The highest BCUT2D eigenvalue weighted by atomic mass is 19.1. The third-order valence-corrected chi connectivity index (χ3v) is 6.95. The summed E-state index contributed by atoms with van der Waals surface area (Å²) in [6.45, 7) is 1.41. The van der Waals surface area contributed by atoms with Gasteiger partial charge >= 0.3 is 0 Å². The minimum atomic E-state index is -0.618. The van der Waals surface area contributed by atoms with E-state index in [0.29, 0.717) is 47.7 Å². The molecular weight excluding hydrogens is 436 g/mol. The van der Waals surface area contributed by atoms with Gasteiger partial charge in [0.2, 0.25) is 0 Å². The van der Waals surface area contributed by atoms with Crippen LogP contribution in [0, 0.1) is 17.6 Å². The first-order valence-electron chi connectivity index (χ1n) is 11.4. The van der Waals surface area contributed by atoms with Crippen molar-refractivity contribution in [2.75, 3.05) is 18.8 Å². The van der Waals surface area contributed by atoms with Crippen LogP contribution in [0.5, 0.6) is 0 Å². The summed E-state index contributed by atoms with van der Waals surface area (Å²) in [5.74, 6) is -0.898. The number of likely N-dealkylation sites (tertiary alicyclic amines) is 1. The highest BCUT2D eigenvalue weighted by Crippen LogP contribution is 2.36. The van der Waals surface area contributed by atoms with Crippen molar-refractivity contribution >= 4 is 22.6 Å². The van der Waals surface area contributed by atoms with Gasteiger partial charge in [-0.25, -0.2) is 13.8 Å². The van der Waals surface area contributed by atoms with Crippen molar-refractivity contribution < 1.29 is 13.6 Å². The van der Waals surface area contributed by atoms with Crippen LogP contribution in [0.3, 0.4) is 0 Å². The van der Waals surface area contributed by atoms with Crippen molar-refractivity contribution in [3.05, 3.63) is 88.7 Å². The number of hydrogen-bond donors (Lipinski definition) is 1. The van der Waals surface area contributed by atoms with Gasteiger partial charge in [0.1, 0.15) is 17.5 Å². The van der Waals surface area contributed by atoms with Gasteiger partial charge < -0.3 is 10.6 Å². The number of rotatable bonds is 4. The van der Waals surface area contributed by atoms with Crippen LogP contribution in [0.15, 0.2) is 54.7 Å². The van der Waals surface area contributed by atoms with E-state index in [-0.39, 0.29) is 17.6 Å². The predicted molar refractivity (Wildman–Crippen MR) is 124 cm³/mol. The van der Waals surface area contributed by atoms with Gasteiger partial charge in [-0.3, -0.25) is 9.48 Å². The van der Waals surface area contributed by atoms with Crippen molar-refractivity contribution in [1.29, 1.82) is 0 Å². The summed E-state index contributed by atoms with van der Waals surface area (Å²) in [4.78, 5) is 18.4. The lowest BCUT2D eigenvalue weighted by molar-refractivity contribution is 0.0599. The zero-order chi connectivity index (χ0) is 23.4. The molecule has 0 radical (unpaired) electrons. The topological polar surface area (TPSA) is 77.0 Å². The quantitative estimate of drug-likeness (QED) is 0.502. The number of nitrogens with two attached hydrogens (primary N) is 1. The van der Waals surface area contributed by atoms with Crippen LogP contribution in [0.2, 0.25) is 0 Å². The number of fused-ring (bicyclic) bond motifs is 2. The molecule has 0 spiro atoms. The summed E-state index contributed by atoms with van der Waals surface area (Å²) in [6.07, 6.45) is 3.34. The molecule has 1 amide bonds. The van der Waals surface area contributed by atoms with Gasteiger partial charge in [0.15, 0.2) is 0 Å². The van der Waals surface area contributed by atoms with Gasteiger partial charge in [0.05, 0.1) is 16.6 Å². The summed E-state index contributed by atoms with van der Waals surface area (Å²) in [7, 11) is 0. The average Bonchev–Trinajstić information content (AvgIpc) is 3.34. The van der Waals surface area contributed by atoms with E-state index < -0.39 is 11.6 Å². The minimum absolute atomic E-state index is 0.118. The van der Waals surface area contributed by atoms with Crippen LogP contribution in [0.4, 0.5) is 14.6 Å². The first-order valence-corrected chi connectivity index (χ1v) is 11.4. The molecule has 0 saturated carbocycles. The van der Waals surface area contributed by atoms with E-state index in [2.05, 4.69) is 17.1 Å². The third-order valence-electron chi connectivity index (χ3n) is 6.95. The number of amides is 1. The summed E-state index contributed by atoms with van der Waals surface area (Å²) in [6, 6.07) is 13.8. The second-order valence-corrected chi connectivity index (χ2v) is 9.27. The largest absolute Gasteiger partial charge is 0.384 e. The van der Waals surface area contributed by atoms with Crippen LogP contribution in [-0.2, 0) is 19.4 Å². The molecule has 2 aliphatic rings. The molecule has 0 bridgehead atoms. The van der Waals surface area contributed by atoms with E-state index in [1.807, 2.05) is 12.1 Å². The Morgan fingerprint density at radius 1 is 1.06 bits per heavy atom. The van der Waals surface area contributed by atoms with E-state index in [0.717, 1.165) is 18.9 Å². The van der Waals surface area contributed by atoms with Crippen LogP contribution in [0.1, 0.15) is 33.1 Å². The molecule has 1 fully saturated rings. The molecule has 2 aromatic carbocycles. The fraction of sp³-hybridized carbons (Fsp3) is 0.269. The van der Waals surface area contributed by atoms with Gasteiger partial charge in [-0.1, -0.05) is 24.3 Å². The number of benzene rings is 2. The number of nitrogen functional groups attached to an aromatic ring is 1. The molecular formula is C26H23F2N5O. The minimum Gasteiger partial charge on any atom is -0.384 e. The van der Waals surface area contributed by atoms with Gasteiger partial charge in [-0.2, -0.15) is 5.10 Å². The SMILES string of the molecule is Nc1cc(C(=O)N2CC(c3nn(CC4Cc5ccccc5C4)c4cc(F)cc(F)c34)C2)ccn1. The number of nitrogens with zero attached hydrogens (tertiary/aromatic N) is 4. The summed E-state index contributed by atoms with van der Waals surface area (Å²) in [5.41, 5.74) is 9.87. The molecule has 8 heteroatoms. The Labute approximate surface area is 195 Å². The smallest absolute Gasteiger partial charge is 0.254 e. The zero-order valence-corrected chi connectivity index (χ0v) is 18.4. The lowest BCUT2D eigenvalue weighted by Gasteiger charge is -2.38. The molecule has 4 aromatic rings. The Bertz CT molecular complexity index is 1400. The van der Waals surface area contributed by atoms with Gasteiger partial charge in [-0.05, 0) is 48.1 Å². The monoisotopic (exact) mass is 459 g/mol. The van der Waals surface area contributed by atoms with E-state index in [4.69, 9.17) is 10.8 Å². The number of hydrogen-bond acceptors (Lipinski definition) is 4. The van der Waals surface area contributed by atoms with Crippen molar-refractivity contribution in [3.8, 4) is 0 Å². The first kappa shape index (κ1) is 20.8. The molecule has 0 atom stereocenters. The second kappa shape index (κ2) is 7.90. The molecule has 6 nitrogen and oxygen atoms in total. The maximum Gasteiger partial charge on any atom is 0.254 e. The van der Waals surface area contributed by atoms with E-state index in [1.54, 1.807) is 21.7 Å². The molecule has 3 heterocycles. The Morgan fingerprint density at radius 3 is 2.50 bits per heavy atom. The Balaban J connectivity index is 1.27. The number of carbonyl (C=O) groups is 1. The van der Waals surface area contributed by atoms with Crippen molar-refractivity contribution in [1.82, 2.24) is 19.7 Å². The highest BCUT2D eigenvalue weighted by molar-refractivity contribution is 5.95. The number of halogens is 2. The van der Waals surface area contributed by atoms with Crippen LogP contribution >= 0.6 is 0 Å². The number of carbonyl (C=O) groups excluding carboxylic acids is 1.